The molecule has 0 bridgehead atoms. The molecule has 4 nitrogen and oxygen atoms in total. The van der Waals surface area contributed by atoms with E-state index in [-0.39, 0.29) is 47.4 Å². The van der Waals surface area contributed by atoms with Crippen LogP contribution >= 0.6 is 0 Å². The molecule has 1 saturated heterocycles. The van der Waals surface area contributed by atoms with E-state index in [2.05, 4.69) is 6.92 Å². The molecule has 0 aliphatic carbocycles. The first-order valence-electron chi connectivity index (χ1n) is 9.19. The Morgan fingerprint density at radius 2 is 1.88 bits per heavy atom. The van der Waals surface area contributed by atoms with E-state index in [0.29, 0.717) is 0 Å². The zero-order valence-corrected chi connectivity index (χ0v) is 16.2. The van der Waals surface area contributed by atoms with E-state index in [0.717, 1.165) is 18.4 Å². The molecule has 0 aromatic carbocycles. The number of carbonyl (C=O) groups excluding carboxylic acids is 2. The highest BCUT2D eigenvalue weighted by atomic mass is 16.6. The minimum Gasteiger partial charge on any atom is -0.461 e. The Labute approximate surface area is 146 Å². The Kier molecular flexibility index (Phi) is 7.65. The van der Waals surface area contributed by atoms with E-state index in [1.807, 2.05) is 47.6 Å². The van der Waals surface area contributed by atoms with E-state index in [1.54, 1.807) is 0 Å². The van der Waals surface area contributed by atoms with Gasteiger partial charge >= 0.3 is 5.97 Å². The molecule has 0 saturated carbocycles. The van der Waals surface area contributed by atoms with E-state index >= 15 is 0 Å². The second-order valence-corrected chi connectivity index (χ2v) is 7.74. The number of ketones is 1. The molecular weight excluding hydrogens is 304 g/mol. The Morgan fingerprint density at radius 1 is 1.29 bits per heavy atom. The van der Waals surface area contributed by atoms with Gasteiger partial charge in [0.1, 0.15) is 11.9 Å². The van der Waals surface area contributed by atoms with Gasteiger partial charge in [-0.05, 0) is 32.1 Å². The molecule has 0 aromatic heterocycles. The monoisotopic (exact) mass is 338 g/mol. The molecule has 138 valence electrons. The fourth-order valence-corrected chi connectivity index (χ4v) is 3.53. The summed E-state index contributed by atoms with van der Waals surface area (Å²) in [7, 11) is 0. The van der Waals surface area contributed by atoms with Crippen LogP contribution in [-0.4, -0.2) is 29.1 Å². The lowest BCUT2D eigenvalue weighted by atomic mass is 9.82. The number of carbonyl (C=O) groups is 2. The van der Waals surface area contributed by atoms with Crippen molar-refractivity contribution in [2.45, 2.75) is 73.5 Å². The summed E-state index contributed by atoms with van der Waals surface area (Å²) in [6, 6.07) is 0. The van der Waals surface area contributed by atoms with Crippen molar-refractivity contribution >= 4 is 11.8 Å². The lowest BCUT2D eigenvalue weighted by Gasteiger charge is -2.37. The fraction of sp³-hybridized carbons (Fsp3) is 0.800. The lowest BCUT2D eigenvalue weighted by Crippen LogP contribution is -2.47. The second kappa shape index (κ2) is 8.80. The molecule has 1 aliphatic heterocycles. The molecule has 1 heterocycles. The summed E-state index contributed by atoms with van der Waals surface area (Å²) in [5.41, 5.74) is 1.13. The number of cyclic esters (lactones) is 1. The van der Waals surface area contributed by atoms with Crippen LogP contribution < -0.4 is 0 Å². The van der Waals surface area contributed by atoms with Crippen LogP contribution in [0.3, 0.4) is 0 Å². The first kappa shape index (κ1) is 20.9. The van der Waals surface area contributed by atoms with Crippen molar-refractivity contribution in [2.75, 3.05) is 0 Å². The van der Waals surface area contributed by atoms with Crippen molar-refractivity contribution < 1.29 is 19.4 Å². The van der Waals surface area contributed by atoms with Gasteiger partial charge in [-0.25, -0.2) is 0 Å². The summed E-state index contributed by atoms with van der Waals surface area (Å²) in [6.07, 6.45) is 3.05. The van der Waals surface area contributed by atoms with Gasteiger partial charge in [-0.3, -0.25) is 9.59 Å². The molecule has 0 unspecified atom stereocenters. The average Bonchev–Trinajstić information content (AvgIpc) is 2.55. The summed E-state index contributed by atoms with van der Waals surface area (Å²) < 4.78 is 5.21. The first-order valence-corrected chi connectivity index (χ1v) is 9.19. The summed E-state index contributed by atoms with van der Waals surface area (Å²) in [6.45, 7) is 13.7. The van der Waals surface area contributed by atoms with Gasteiger partial charge in [0.2, 0.25) is 0 Å². The van der Waals surface area contributed by atoms with Crippen molar-refractivity contribution in [1.82, 2.24) is 0 Å². The molecule has 0 radical (unpaired) electrons. The Bertz CT molecular complexity index is 482. The van der Waals surface area contributed by atoms with Gasteiger partial charge in [0.25, 0.3) is 0 Å². The maximum absolute atomic E-state index is 12.5. The smallest absolute Gasteiger partial charge is 0.312 e. The number of aliphatic hydroxyl groups is 1. The minimum absolute atomic E-state index is 0.0157. The average molecular weight is 338 g/mol. The van der Waals surface area contributed by atoms with Gasteiger partial charge in [-0.2, -0.15) is 0 Å². The maximum Gasteiger partial charge on any atom is 0.312 e. The van der Waals surface area contributed by atoms with Gasteiger partial charge in [0, 0.05) is 11.8 Å². The van der Waals surface area contributed by atoms with E-state index in [9.17, 15) is 14.7 Å². The molecule has 24 heavy (non-hydrogen) atoms. The third-order valence-electron chi connectivity index (χ3n) is 5.49. The highest BCUT2D eigenvalue weighted by Gasteiger charge is 2.41. The van der Waals surface area contributed by atoms with Gasteiger partial charge < -0.3 is 9.84 Å². The van der Waals surface area contributed by atoms with Crippen molar-refractivity contribution in [2.24, 2.45) is 29.6 Å². The topological polar surface area (TPSA) is 63.6 Å². The molecular formula is C20H34O4. The van der Waals surface area contributed by atoms with Crippen LogP contribution in [0.5, 0.6) is 0 Å². The van der Waals surface area contributed by atoms with Crippen LogP contribution in [0.15, 0.2) is 11.6 Å². The molecule has 0 amide bonds. The highest BCUT2D eigenvalue weighted by Crippen LogP contribution is 2.32. The molecule has 7 atom stereocenters. The SMILES string of the molecule is CC[C@@H](C)[C@@H](O)[C@H](C)C(=O)[C@H](C)/C=C(\C)C[C@H](C)[C@@H]1OC(=O)[C@H]1C. The van der Waals surface area contributed by atoms with E-state index in [1.165, 1.54) is 0 Å². The van der Waals surface area contributed by atoms with Gasteiger partial charge in [-0.1, -0.05) is 52.7 Å². The lowest BCUT2D eigenvalue weighted by molar-refractivity contribution is -0.188. The number of allylic oxidation sites excluding steroid dienone is 2. The van der Waals surface area contributed by atoms with Crippen LogP contribution in [0, 0.1) is 29.6 Å². The van der Waals surface area contributed by atoms with Crippen LogP contribution in [0.1, 0.15) is 61.3 Å². The predicted molar refractivity (Wildman–Crippen MR) is 95.4 cm³/mol. The number of Topliss-reactive ketones (excluding diaryl/α,β-unsaturated/α-hetero) is 1. The standard InChI is InChI=1S/C20H34O4/c1-8-12(3)17(21)15(6)18(22)13(4)9-11(2)10-14(5)19-16(7)20(23)24-19/h9,12-17,19,21H,8,10H2,1-7H3/b11-9+/t12-,13-,14+,15+,16+,17-,19+/m1/s1. The van der Waals surface area contributed by atoms with Crippen molar-refractivity contribution in [3.63, 3.8) is 0 Å². The van der Waals surface area contributed by atoms with E-state index < -0.39 is 6.10 Å². The number of esters is 1. The third-order valence-corrected chi connectivity index (χ3v) is 5.49. The van der Waals surface area contributed by atoms with Gasteiger partial charge in [0.05, 0.1) is 12.0 Å². The van der Waals surface area contributed by atoms with E-state index in [4.69, 9.17) is 4.74 Å². The number of aliphatic hydroxyl groups excluding tert-OH is 1. The quantitative estimate of drug-likeness (QED) is 0.513. The maximum atomic E-state index is 12.5. The van der Waals surface area contributed by atoms with Crippen LogP contribution in [0.25, 0.3) is 0 Å². The third kappa shape index (κ3) is 4.92. The Hall–Kier alpha value is -1.16. The summed E-state index contributed by atoms with van der Waals surface area (Å²) in [5, 5.41) is 10.3. The summed E-state index contributed by atoms with van der Waals surface area (Å²) in [5.74, 6) is -0.271. The van der Waals surface area contributed by atoms with Crippen molar-refractivity contribution in [3.8, 4) is 0 Å². The summed E-state index contributed by atoms with van der Waals surface area (Å²) in [4.78, 5) is 23.8. The minimum atomic E-state index is -0.590. The van der Waals surface area contributed by atoms with Crippen LogP contribution in [0.4, 0.5) is 0 Å². The van der Waals surface area contributed by atoms with Gasteiger partial charge in [-0.15, -0.1) is 0 Å². The van der Waals surface area contributed by atoms with Crippen molar-refractivity contribution in [1.29, 1.82) is 0 Å². The number of hydrogen-bond donors (Lipinski definition) is 1. The zero-order valence-electron chi connectivity index (χ0n) is 16.2. The number of rotatable bonds is 9. The molecule has 1 rings (SSSR count). The molecule has 1 aliphatic rings. The Balaban J connectivity index is 2.60. The molecule has 1 N–H and O–H groups in total. The largest absolute Gasteiger partial charge is 0.461 e. The van der Waals surface area contributed by atoms with Crippen LogP contribution in [-0.2, 0) is 14.3 Å². The molecule has 4 heteroatoms. The van der Waals surface area contributed by atoms with Crippen molar-refractivity contribution in [3.05, 3.63) is 11.6 Å². The Morgan fingerprint density at radius 3 is 2.33 bits per heavy atom. The zero-order chi connectivity index (χ0) is 18.6. The first-order chi connectivity index (χ1) is 11.1. The van der Waals surface area contributed by atoms with Crippen LogP contribution in [0.2, 0.25) is 0 Å². The molecule has 0 spiro atoms. The second-order valence-electron chi connectivity index (χ2n) is 7.74. The fourth-order valence-electron chi connectivity index (χ4n) is 3.53. The number of ether oxygens (including phenoxy) is 1. The normalized spacial score (nSPS) is 27.5. The number of hydrogen-bond acceptors (Lipinski definition) is 4. The van der Waals surface area contributed by atoms with Gasteiger partial charge in [0.15, 0.2) is 0 Å². The molecule has 1 fully saturated rings. The highest BCUT2D eigenvalue weighted by molar-refractivity contribution is 5.85. The molecule has 0 aromatic rings. The predicted octanol–water partition coefficient (Wildman–Crippen LogP) is 3.77. The summed E-state index contributed by atoms with van der Waals surface area (Å²) >= 11 is 0.